The molecule has 2 aromatic carbocycles. The highest BCUT2D eigenvalue weighted by Crippen LogP contribution is 2.14. The molecule has 9 heteroatoms. The fraction of sp³-hybridized carbons (Fsp3) is 0.167. The molecule has 27 heavy (non-hydrogen) atoms. The van der Waals surface area contributed by atoms with Crippen molar-refractivity contribution >= 4 is 27.6 Å². The zero-order valence-corrected chi connectivity index (χ0v) is 15.4. The number of sulfonamides is 1. The van der Waals surface area contributed by atoms with Gasteiger partial charge in [0, 0.05) is 5.69 Å². The maximum absolute atomic E-state index is 12.2. The second-order valence-electron chi connectivity index (χ2n) is 5.46. The van der Waals surface area contributed by atoms with Gasteiger partial charge in [0.05, 0.1) is 22.1 Å². The molecule has 2 aromatic rings. The summed E-state index contributed by atoms with van der Waals surface area (Å²) in [6.45, 7) is 1.39. The Balaban J connectivity index is 2.05. The van der Waals surface area contributed by atoms with E-state index in [-0.39, 0.29) is 10.5 Å². The van der Waals surface area contributed by atoms with Crippen molar-refractivity contribution in [3.8, 4) is 6.07 Å². The molecule has 0 saturated heterocycles. The van der Waals surface area contributed by atoms with Crippen LogP contribution in [0.25, 0.3) is 0 Å². The van der Waals surface area contributed by atoms with E-state index in [0.29, 0.717) is 11.3 Å². The van der Waals surface area contributed by atoms with Crippen LogP contribution in [0.5, 0.6) is 0 Å². The fourth-order valence-electron chi connectivity index (χ4n) is 2.06. The van der Waals surface area contributed by atoms with Gasteiger partial charge in [-0.2, -0.15) is 5.26 Å². The number of hydrogen-bond acceptors (Lipinski definition) is 6. The molecule has 0 bridgehead atoms. The quantitative estimate of drug-likeness (QED) is 0.726. The number of carbonyl (C=O) groups is 2. The third-order valence-corrected chi connectivity index (χ3v) is 5.00. The van der Waals surface area contributed by atoms with Crippen LogP contribution in [0.3, 0.4) is 0 Å². The number of rotatable bonds is 6. The number of hydrogen-bond donors (Lipinski definition) is 2. The van der Waals surface area contributed by atoms with Crippen LogP contribution in [0.2, 0.25) is 0 Å². The maximum atomic E-state index is 12.2. The number of amides is 1. The minimum absolute atomic E-state index is 0.00403. The zero-order valence-electron chi connectivity index (χ0n) is 14.6. The van der Waals surface area contributed by atoms with Crippen LogP contribution < -0.4 is 10.0 Å². The minimum atomic E-state index is -3.71. The number of esters is 1. The van der Waals surface area contributed by atoms with Gasteiger partial charge in [-0.3, -0.25) is 4.79 Å². The number of ether oxygens (including phenoxy) is 1. The van der Waals surface area contributed by atoms with Gasteiger partial charge in [-0.1, -0.05) is 6.07 Å². The summed E-state index contributed by atoms with van der Waals surface area (Å²) in [5, 5.41) is 11.3. The van der Waals surface area contributed by atoms with Crippen LogP contribution >= 0.6 is 0 Å². The average Bonchev–Trinajstić information content (AvgIpc) is 2.68. The summed E-state index contributed by atoms with van der Waals surface area (Å²) in [5.74, 6) is -1.39. The van der Waals surface area contributed by atoms with Gasteiger partial charge in [0.25, 0.3) is 5.91 Å². The van der Waals surface area contributed by atoms with E-state index in [1.807, 2.05) is 6.07 Å². The molecule has 0 fully saturated rings. The number of anilines is 1. The molecule has 0 aromatic heterocycles. The van der Waals surface area contributed by atoms with E-state index in [2.05, 4.69) is 10.0 Å². The van der Waals surface area contributed by atoms with Crippen molar-refractivity contribution in [3.05, 3.63) is 59.7 Å². The molecule has 1 unspecified atom stereocenters. The molecule has 0 aliphatic carbocycles. The first-order valence-corrected chi connectivity index (χ1v) is 9.31. The Kier molecular flexibility index (Phi) is 6.28. The summed E-state index contributed by atoms with van der Waals surface area (Å²) in [7, 11) is -2.45. The maximum Gasteiger partial charge on any atom is 0.338 e. The van der Waals surface area contributed by atoms with Gasteiger partial charge in [0.1, 0.15) is 0 Å². The molecule has 2 rings (SSSR count). The standard InChI is InChI=1S/C18H17N3O5S/c1-12(17(22)21-15-8-6-13(11-19)7-9-15)26-18(23)14-4-3-5-16(10-14)27(24,25)20-2/h3-10,12,20H,1-2H3,(H,21,22). The highest BCUT2D eigenvalue weighted by molar-refractivity contribution is 7.89. The summed E-state index contributed by atoms with van der Waals surface area (Å²) in [6.07, 6.45) is -1.11. The van der Waals surface area contributed by atoms with Gasteiger partial charge in [-0.05, 0) is 56.4 Å². The molecule has 0 spiro atoms. The zero-order chi connectivity index (χ0) is 20.0. The van der Waals surface area contributed by atoms with Crippen molar-refractivity contribution in [3.63, 3.8) is 0 Å². The Hall–Kier alpha value is -3.22. The van der Waals surface area contributed by atoms with E-state index in [1.54, 1.807) is 24.3 Å². The van der Waals surface area contributed by atoms with Crippen LogP contribution in [-0.4, -0.2) is 33.4 Å². The molecule has 0 aliphatic rings. The van der Waals surface area contributed by atoms with E-state index in [4.69, 9.17) is 10.00 Å². The smallest absolute Gasteiger partial charge is 0.338 e. The Labute approximate surface area is 156 Å². The van der Waals surface area contributed by atoms with E-state index in [9.17, 15) is 18.0 Å². The van der Waals surface area contributed by atoms with E-state index >= 15 is 0 Å². The van der Waals surface area contributed by atoms with Gasteiger partial charge in [0.2, 0.25) is 10.0 Å². The molecule has 8 nitrogen and oxygen atoms in total. The minimum Gasteiger partial charge on any atom is -0.449 e. The van der Waals surface area contributed by atoms with Crippen LogP contribution in [0.15, 0.2) is 53.4 Å². The molecule has 0 saturated carbocycles. The number of carbonyl (C=O) groups excluding carboxylic acids is 2. The summed E-state index contributed by atoms with van der Waals surface area (Å²) in [6, 6.07) is 13.5. The summed E-state index contributed by atoms with van der Waals surface area (Å²) < 4.78 is 30.9. The third kappa shape index (κ3) is 5.13. The molecule has 1 atom stereocenters. The van der Waals surface area contributed by atoms with Crippen LogP contribution in [-0.2, 0) is 19.6 Å². The normalized spacial score (nSPS) is 11.9. The highest BCUT2D eigenvalue weighted by Gasteiger charge is 2.20. The lowest BCUT2D eigenvalue weighted by molar-refractivity contribution is -0.123. The predicted octanol–water partition coefficient (Wildman–Crippen LogP) is 1.65. The van der Waals surface area contributed by atoms with Crippen molar-refractivity contribution in [2.75, 3.05) is 12.4 Å². The first-order valence-electron chi connectivity index (χ1n) is 7.82. The van der Waals surface area contributed by atoms with Crippen LogP contribution in [0.4, 0.5) is 5.69 Å². The molecule has 0 aliphatic heterocycles. The molecule has 1 amide bonds. The van der Waals surface area contributed by atoms with Gasteiger partial charge in [0.15, 0.2) is 6.10 Å². The van der Waals surface area contributed by atoms with Crippen molar-refractivity contribution in [2.45, 2.75) is 17.9 Å². The molecule has 0 radical (unpaired) electrons. The Morgan fingerprint density at radius 1 is 1.15 bits per heavy atom. The Morgan fingerprint density at radius 3 is 2.41 bits per heavy atom. The summed E-state index contributed by atoms with van der Waals surface area (Å²) in [4.78, 5) is 24.3. The SMILES string of the molecule is CNS(=O)(=O)c1cccc(C(=O)OC(C)C(=O)Nc2ccc(C#N)cc2)c1. The first kappa shape index (κ1) is 20.1. The van der Waals surface area contributed by atoms with Gasteiger partial charge in [-0.25, -0.2) is 17.9 Å². The second kappa shape index (κ2) is 8.44. The average molecular weight is 387 g/mol. The summed E-state index contributed by atoms with van der Waals surface area (Å²) in [5.41, 5.74) is 0.900. The van der Waals surface area contributed by atoms with Crippen molar-refractivity contribution < 1.29 is 22.7 Å². The highest BCUT2D eigenvalue weighted by atomic mass is 32.2. The molecule has 140 valence electrons. The molecule has 2 N–H and O–H groups in total. The predicted molar refractivity (Wildman–Crippen MR) is 97.4 cm³/mol. The first-order chi connectivity index (χ1) is 12.8. The topological polar surface area (TPSA) is 125 Å². The number of nitriles is 1. The summed E-state index contributed by atoms with van der Waals surface area (Å²) >= 11 is 0. The molecular formula is C18H17N3O5S. The van der Waals surface area contributed by atoms with Gasteiger partial charge < -0.3 is 10.1 Å². The fourth-order valence-corrected chi connectivity index (χ4v) is 2.84. The lowest BCUT2D eigenvalue weighted by Gasteiger charge is -2.14. The number of benzene rings is 2. The third-order valence-electron chi connectivity index (χ3n) is 3.58. The molecular weight excluding hydrogens is 370 g/mol. The van der Waals surface area contributed by atoms with Crippen molar-refractivity contribution in [1.29, 1.82) is 5.26 Å². The molecule has 0 heterocycles. The van der Waals surface area contributed by atoms with Crippen LogP contribution in [0.1, 0.15) is 22.8 Å². The Bertz CT molecular complexity index is 994. The lowest BCUT2D eigenvalue weighted by atomic mass is 10.2. The number of nitrogens with one attached hydrogen (secondary N) is 2. The van der Waals surface area contributed by atoms with E-state index < -0.39 is 28.0 Å². The van der Waals surface area contributed by atoms with Crippen molar-refractivity contribution in [1.82, 2.24) is 4.72 Å². The van der Waals surface area contributed by atoms with E-state index in [1.165, 1.54) is 38.2 Å². The van der Waals surface area contributed by atoms with Gasteiger partial charge >= 0.3 is 5.97 Å². The van der Waals surface area contributed by atoms with Crippen LogP contribution in [0, 0.1) is 11.3 Å². The largest absolute Gasteiger partial charge is 0.449 e. The Morgan fingerprint density at radius 2 is 1.81 bits per heavy atom. The van der Waals surface area contributed by atoms with E-state index in [0.717, 1.165) is 0 Å². The van der Waals surface area contributed by atoms with Crippen molar-refractivity contribution in [2.24, 2.45) is 0 Å². The van der Waals surface area contributed by atoms with Gasteiger partial charge in [-0.15, -0.1) is 0 Å². The lowest BCUT2D eigenvalue weighted by Crippen LogP contribution is -2.30. The monoisotopic (exact) mass is 387 g/mol. The second-order valence-corrected chi connectivity index (χ2v) is 7.35. The number of nitrogens with zero attached hydrogens (tertiary/aromatic N) is 1.